The number of benzene rings is 1. The average molecular weight is 295 g/mol. The van der Waals surface area contributed by atoms with Gasteiger partial charge in [0.25, 0.3) is 0 Å². The monoisotopic (exact) mass is 295 g/mol. The molecule has 2 rings (SSSR count). The highest BCUT2D eigenvalue weighted by Gasteiger charge is 2.23. The Morgan fingerprint density at radius 3 is 2.48 bits per heavy atom. The van der Waals surface area contributed by atoms with Crippen molar-refractivity contribution in [2.45, 2.75) is 26.0 Å². The second kappa shape index (κ2) is 7.52. The van der Waals surface area contributed by atoms with Crippen molar-refractivity contribution in [3.63, 3.8) is 0 Å². The molecule has 0 aliphatic carbocycles. The van der Waals surface area contributed by atoms with Crippen molar-refractivity contribution < 1.29 is 18.9 Å². The lowest BCUT2D eigenvalue weighted by Crippen LogP contribution is -2.26. The first kappa shape index (κ1) is 15.9. The fraction of sp³-hybridized carbons (Fsp3) is 0.625. The standard InChI is InChI=1S/C16H25NO4/c1-11-12(7-8-21-11)9-17-10-13-5-6-14(18-2)16(20-4)15(13)19-3/h5-6,11-12,17H,7-10H2,1-4H3. The third-order valence-corrected chi connectivity index (χ3v) is 4.04. The molecule has 1 aromatic rings. The first-order valence-electron chi connectivity index (χ1n) is 7.31. The van der Waals surface area contributed by atoms with Gasteiger partial charge in [-0.1, -0.05) is 6.07 Å². The predicted octanol–water partition coefficient (Wildman–Crippen LogP) is 2.23. The molecule has 1 N–H and O–H groups in total. The van der Waals surface area contributed by atoms with Crippen molar-refractivity contribution in [3.8, 4) is 17.2 Å². The number of methoxy groups -OCH3 is 3. The number of ether oxygens (including phenoxy) is 4. The van der Waals surface area contributed by atoms with Crippen LogP contribution in [0.15, 0.2) is 12.1 Å². The quantitative estimate of drug-likeness (QED) is 0.836. The van der Waals surface area contributed by atoms with Gasteiger partial charge >= 0.3 is 0 Å². The van der Waals surface area contributed by atoms with E-state index in [1.807, 2.05) is 12.1 Å². The van der Waals surface area contributed by atoms with Crippen LogP contribution >= 0.6 is 0 Å². The van der Waals surface area contributed by atoms with Gasteiger partial charge in [-0.15, -0.1) is 0 Å². The van der Waals surface area contributed by atoms with E-state index in [4.69, 9.17) is 18.9 Å². The van der Waals surface area contributed by atoms with Crippen LogP contribution in [0.1, 0.15) is 18.9 Å². The van der Waals surface area contributed by atoms with Gasteiger partial charge in [0.1, 0.15) is 0 Å². The van der Waals surface area contributed by atoms with Crippen LogP contribution in [0.4, 0.5) is 0 Å². The number of hydrogen-bond donors (Lipinski definition) is 1. The molecule has 21 heavy (non-hydrogen) atoms. The Morgan fingerprint density at radius 1 is 1.14 bits per heavy atom. The first-order valence-corrected chi connectivity index (χ1v) is 7.31. The maximum Gasteiger partial charge on any atom is 0.203 e. The molecular weight excluding hydrogens is 270 g/mol. The van der Waals surface area contributed by atoms with Gasteiger partial charge in [0.15, 0.2) is 11.5 Å². The Labute approximate surface area is 126 Å². The Bertz CT molecular complexity index is 464. The summed E-state index contributed by atoms with van der Waals surface area (Å²) in [6, 6.07) is 3.90. The highest BCUT2D eigenvalue weighted by atomic mass is 16.5. The molecule has 1 aliphatic rings. The van der Waals surface area contributed by atoms with Crippen molar-refractivity contribution >= 4 is 0 Å². The van der Waals surface area contributed by atoms with Crippen molar-refractivity contribution in [2.24, 2.45) is 5.92 Å². The van der Waals surface area contributed by atoms with Gasteiger partial charge in [-0.25, -0.2) is 0 Å². The minimum atomic E-state index is 0.338. The van der Waals surface area contributed by atoms with Crippen LogP contribution in [0, 0.1) is 5.92 Å². The molecule has 1 fully saturated rings. The van der Waals surface area contributed by atoms with Gasteiger partial charge < -0.3 is 24.3 Å². The van der Waals surface area contributed by atoms with E-state index in [-0.39, 0.29) is 0 Å². The Balaban J connectivity index is 2.02. The maximum absolute atomic E-state index is 5.58. The minimum Gasteiger partial charge on any atom is -0.493 e. The maximum atomic E-state index is 5.58. The van der Waals surface area contributed by atoms with Gasteiger partial charge in [0.2, 0.25) is 5.75 Å². The molecule has 1 heterocycles. The van der Waals surface area contributed by atoms with E-state index in [0.29, 0.717) is 23.5 Å². The summed E-state index contributed by atoms with van der Waals surface area (Å²) in [5.74, 6) is 2.61. The molecule has 0 amide bonds. The van der Waals surface area contributed by atoms with Crippen LogP contribution in [-0.2, 0) is 11.3 Å². The van der Waals surface area contributed by atoms with Crippen LogP contribution in [-0.4, -0.2) is 40.6 Å². The van der Waals surface area contributed by atoms with Gasteiger partial charge in [0, 0.05) is 25.3 Å². The van der Waals surface area contributed by atoms with Crippen LogP contribution in [0.25, 0.3) is 0 Å². The highest BCUT2D eigenvalue weighted by molar-refractivity contribution is 5.55. The van der Waals surface area contributed by atoms with E-state index in [1.165, 1.54) is 0 Å². The Kier molecular flexibility index (Phi) is 5.70. The van der Waals surface area contributed by atoms with Gasteiger partial charge in [0.05, 0.1) is 27.4 Å². The summed E-state index contributed by atoms with van der Waals surface area (Å²) in [5, 5.41) is 3.48. The molecule has 0 bridgehead atoms. The summed E-state index contributed by atoms with van der Waals surface area (Å²) in [5.41, 5.74) is 1.06. The number of hydrogen-bond acceptors (Lipinski definition) is 5. The largest absolute Gasteiger partial charge is 0.493 e. The van der Waals surface area contributed by atoms with E-state index >= 15 is 0 Å². The lowest BCUT2D eigenvalue weighted by atomic mass is 10.0. The second-order valence-electron chi connectivity index (χ2n) is 5.25. The topological polar surface area (TPSA) is 49.0 Å². The summed E-state index contributed by atoms with van der Waals surface area (Å²) in [4.78, 5) is 0. The molecule has 0 radical (unpaired) electrons. The zero-order chi connectivity index (χ0) is 15.2. The molecule has 5 heteroatoms. The summed E-state index contributed by atoms with van der Waals surface area (Å²) in [7, 11) is 4.89. The van der Waals surface area contributed by atoms with Gasteiger partial charge in [-0.3, -0.25) is 0 Å². The number of nitrogens with one attached hydrogen (secondary N) is 1. The lowest BCUT2D eigenvalue weighted by molar-refractivity contribution is 0.105. The summed E-state index contributed by atoms with van der Waals surface area (Å²) in [6.07, 6.45) is 1.46. The minimum absolute atomic E-state index is 0.338. The fourth-order valence-electron chi connectivity index (χ4n) is 2.74. The van der Waals surface area contributed by atoms with Crippen LogP contribution in [0.2, 0.25) is 0 Å². The number of rotatable bonds is 7. The van der Waals surface area contributed by atoms with Crippen molar-refractivity contribution in [2.75, 3.05) is 34.5 Å². The smallest absolute Gasteiger partial charge is 0.203 e. The molecule has 0 spiro atoms. The van der Waals surface area contributed by atoms with E-state index in [9.17, 15) is 0 Å². The zero-order valence-corrected chi connectivity index (χ0v) is 13.3. The highest BCUT2D eigenvalue weighted by Crippen LogP contribution is 2.39. The summed E-state index contributed by atoms with van der Waals surface area (Å²) in [6.45, 7) is 4.68. The third-order valence-electron chi connectivity index (χ3n) is 4.04. The molecule has 2 unspecified atom stereocenters. The predicted molar refractivity (Wildman–Crippen MR) is 81.3 cm³/mol. The van der Waals surface area contributed by atoms with Gasteiger partial charge in [-0.2, -0.15) is 0 Å². The molecule has 0 aromatic heterocycles. The summed E-state index contributed by atoms with van der Waals surface area (Å²) >= 11 is 0. The van der Waals surface area contributed by atoms with Crippen molar-refractivity contribution in [1.82, 2.24) is 5.32 Å². The average Bonchev–Trinajstić information content (AvgIpc) is 2.91. The van der Waals surface area contributed by atoms with Crippen LogP contribution in [0.3, 0.4) is 0 Å². The van der Waals surface area contributed by atoms with E-state index in [2.05, 4.69) is 12.2 Å². The lowest BCUT2D eigenvalue weighted by Gasteiger charge is -2.18. The van der Waals surface area contributed by atoms with E-state index in [1.54, 1.807) is 21.3 Å². The van der Waals surface area contributed by atoms with Crippen molar-refractivity contribution in [1.29, 1.82) is 0 Å². The van der Waals surface area contributed by atoms with Crippen LogP contribution in [0.5, 0.6) is 17.2 Å². The normalized spacial score (nSPS) is 21.3. The molecule has 118 valence electrons. The molecule has 5 nitrogen and oxygen atoms in total. The molecule has 1 aliphatic heterocycles. The Morgan fingerprint density at radius 2 is 1.90 bits per heavy atom. The summed E-state index contributed by atoms with van der Waals surface area (Å²) < 4.78 is 21.8. The first-order chi connectivity index (χ1) is 10.2. The van der Waals surface area contributed by atoms with Crippen molar-refractivity contribution in [3.05, 3.63) is 17.7 Å². The second-order valence-corrected chi connectivity index (χ2v) is 5.25. The molecule has 0 saturated carbocycles. The molecule has 2 atom stereocenters. The Hall–Kier alpha value is -1.46. The fourth-order valence-corrected chi connectivity index (χ4v) is 2.74. The van der Waals surface area contributed by atoms with Crippen LogP contribution < -0.4 is 19.5 Å². The zero-order valence-electron chi connectivity index (χ0n) is 13.3. The molecule has 1 aromatic carbocycles. The van der Waals surface area contributed by atoms with Gasteiger partial charge in [-0.05, 0) is 25.3 Å². The van der Waals surface area contributed by atoms with E-state index < -0.39 is 0 Å². The molecule has 1 saturated heterocycles. The third kappa shape index (κ3) is 3.60. The van der Waals surface area contributed by atoms with E-state index in [0.717, 1.165) is 37.4 Å². The SMILES string of the molecule is COc1ccc(CNCC2CCOC2C)c(OC)c1OC. The molecular formula is C16H25NO4.